The van der Waals surface area contributed by atoms with E-state index in [9.17, 15) is 0 Å². The zero-order chi connectivity index (χ0) is 8.84. The highest BCUT2D eigenvalue weighted by Gasteiger charge is 2.04. The minimum absolute atomic E-state index is 1.02. The molecule has 0 radical (unpaired) electrons. The lowest BCUT2D eigenvalue weighted by molar-refractivity contribution is 1.28. The van der Waals surface area contributed by atoms with Crippen molar-refractivity contribution in [2.24, 2.45) is 0 Å². The van der Waals surface area contributed by atoms with E-state index in [0.29, 0.717) is 0 Å². The Morgan fingerprint density at radius 2 is 2.38 bits per heavy atom. The van der Waals surface area contributed by atoms with Gasteiger partial charge in [-0.05, 0) is 34.1 Å². The van der Waals surface area contributed by atoms with Crippen molar-refractivity contribution in [3.63, 3.8) is 0 Å². The summed E-state index contributed by atoms with van der Waals surface area (Å²) in [6.07, 6.45) is 3.89. The van der Waals surface area contributed by atoms with Gasteiger partial charge < -0.3 is 4.40 Å². The van der Waals surface area contributed by atoms with Crippen LogP contribution in [0.5, 0.6) is 0 Å². The quantitative estimate of drug-likeness (QED) is 0.600. The number of halogens is 1. The van der Waals surface area contributed by atoms with Gasteiger partial charge in [0.15, 0.2) is 0 Å². The third kappa shape index (κ3) is 1.02. The highest BCUT2D eigenvalue weighted by atomic mass is 79.9. The summed E-state index contributed by atoms with van der Waals surface area (Å²) in [4.78, 5) is 6.66. The number of aromatic nitrogens is 2. The molecule has 3 rings (SSSR count). The zero-order valence-corrected chi connectivity index (χ0v) is 8.97. The minimum Gasteiger partial charge on any atom is -0.306 e. The molecule has 0 spiro atoms. The molecule has 4 heteroatoms. The Hall–Kier alpha value is -0.870. The minimum atomic E-state index is 1.02. The average molecular weight is 253 g/mol. The topological polar surface area (TPSA) is 17.3 Å². The van der Waals surface area contributed by atoms with Gasteiger partial charge in [-0.25, -0.2) is 4.98 Å². The molecule has 64 valence electrons. The molecule has 0 aromatic carbocycles. The molecule has 13 heavy (non-hydrogen) atoms. The summed E-state index contributed by atoms with van der Waals surface area (Å²) in [6, 6.07) is 6.23. The van der Waals surface area contributed by atoms with Crippen molar-refractivity contribution in [1.82, 2.24) is 9.38 Å². The summed E-state index contributed by atoms with van der Waals surface area (Å²) < 4.78 is 3.17. The lowest BCUT2D eigenvalue weighted by Crippen LogP contribution is -1.78. The third-order valence-electron chi connectivity index (χ3n) is 1.97. The molecule has 2 nitrogen and oxygen atoms in total. The molecule has 0 atom stereocenters. The smallest absolute Gasteiger partial charge is 0.142 e. The predicted octanol–water partition coefficient (Wildman–Crippen LogP) is 3.31. The predicted molar refractivity (Wildman–Crippen MR) is 58.3 cm³/mol. The largest absolute Gasteiger partial charge is 0.306 e. The van der Waals surface area contributed by atoms with Crippen LogP contribution in [0.3, 0.4) is 0 Å². The standard InChI is InChI=1S/C9H5BrN2S/c10-6-4-7-9(11-5-6)13-8-2-1-3-12(7)8/h1-5H. The second kappa shape index (κ2) is 2.56. The molecule has 0 aliphatic heterocycles. The van der Waals surface area contributed by atoms with Crippen LogP contribution in [0.4, 0.5) is 0 Å². The Kier molecular flexibility index (Phi) is 1.48. The summed E-state index contributed by atoms with van der Waals surface area (Å²) in [5.74, 6) is 0. The van der Waals surface area contributed by atoms with Gasteiger partial charge >= 0.3 is 0 Å². The fourth-order valence-corrected chi connectivity index (χ4v) is 2.70. The van der Waals surface area contributed by atoms with Crippen molar-refractivity contribution in [2.75, 3.05) is 0 Å². The number of hydrogen-bond acceptors (Lipinski definition) is 2. The first-order chi connectivity index (χ1) is 6.34. The Bertz CT molecular complexity index is 581. The Morgan fingerprint density at radius 3 is 3.31 bits per heavy atom. The van der Waals surface area contributed by atoms with Gasteiger partial charge in [0.1, 0.15) is 9.66 Å². The van der Waals surface area contributed by atoms with Gasteiger partial charge in [-0.1, -0.05) is 11.3 Å². The zero-order valence-electron chi connectivity index (χ0n) is 6.57. The maximum atomic E-state index is 4.34. The normalized spacial score (nSPS) is 11.5. The molecule has 0 saturated heterocycles. The number of pyridine rings is 1. The van der Waals surface area contributed by atoms with Crippen LogP contribution in [0, 0.1) is 0 Å². The fraction of sp³-hybridized carbons (Fsp3) is 0. The highest BCUT2D eigenvalue weighted by Crippen LogP contribution is 2.26. The van der Waals surface area contributed by atoms with E-state index >= 15 is 0 Å². The molecular weight excluding hydrogens is 248 g/mol. The number of fused-ring (bicyclic) bond motifs is 3. The molecule has 0 N–H and O–H groups in total. The third-order valence-corrected chi connectivity index (χ3v) is 3.45. The van der Waals surface area contributed by atoms with Gasteiger partial charge in [-0.15, -0.1) is 0 Å². The lowest BCUT2D eigenvalue weighted by Gasteiger charge is -1.90. The van der Waals surface area contributed by atoms with Crippen LogP contribution in [0.2, 0.25) is 0 Å². The first-order valence-corrected chi connectivity index (χ1v) is 5.47. The SMILES string of the molecule is Brc1cnc2sc3cccn3c2c1. The monoisotopic (exact) mass is 252 g/mol. The molecule has 3 aromatic rings. The van der Waals surface area contributed by atoms with E-state index in [2.05, 4.69) is 43.6 Å². The Labute approximate surface area is 87.0 Å². The van der Waals surface area contributed by atoms with E-state index < -0.39 is 0 Å². The van der Waals surface area contributed by atoms with Crippen molar-refractivity contribution in [3.8, 4) is 0 Å². The Balaban J connectivity index is 2.61. The molecule has 0 aliphatic carbocycles. The summed E-state index contributed by atoms with van der Waals surface area (Å²) in [6.45, 7) is 0. The van der Waals surface area contributed by atoms with Gasteiger partial charge in [0.05, 0.1) is 5.52 Å². The molecule has 3 heterocycles. The lowest BCUT2D eigenvalue weighted by atomic mass is 10.4. The van der Waals surface area contributed by atoms with Crippen LogP contribution >= 0.6 is 27.3 Å². The van der Waals surface area contributed by atoms with E-state index in [1.54, 1.807) is 11.3 Å². The van der Waals surface area contributed by atoms with Crippen LogP contribution in [-0.2, 0) is 0 Å². The molecule has 0 bridgehead atoms. The molecule has 0 saturated carbocycles. The van der Waals surface area contributed by atoms with Crippen LogP contribution in [-0.4, -0.2) is 9.38 Å². The maximum absolute atomic E-state index is 4.34. The van der Waals surface area contributed by atoms with Crippen LogP contribution in [0.25, 0.3) is 15.2 Å². The van der Waals surface area contributed by atoms with Crippen molar-refractivity contribution < 1.29 is 0 Å². The summed E-state index contributed by atoms with van der Waals surface area (Å²) in [5, 5.41) is 0. The van der Waals surface area contributed by atoms with Crippen LogP contribution in [0.15, 0.2) is 35.1 Å². The van der Waals surface area contributed by atoms with Gasteiger partial charge in [0, 0.05) is 16.9 Å². The molecule has 0 aliphatic rings. The maximum Gasteiger partial charge on any atom is 0.142 e. The molecule has 0 unspecified atom stereocenters. The molecule has 0 amide bonds. The van der Waals surface area contributed by atoms with E-state index in [-0.39, 0.29) is 0 Å². The van der Waals surface area contributed by atoms with Crippen molar-refractivity contribution in [1.29, 1.82) is 0 Å². The van der Waals surface area contributed by atoms with E-state index in [1.165, 1.54) is 10.3 Å². The van der Waals surface area contributed by atoms with E-state index in [0.717, 1.165) is 9.30 Å². The highest BCUT2D eigenvalue weighted by molar-refractivity contribution is 9.10. The van der Waals surface area contributed by atoms with Gasteiger partial charge in [0.2, 0.25) is 0 Å². The van der Waals surface area contributed by atoms with Gasteiger partial charge in [-0.3, -0.25) is 0 Å². The number of hydrogen-bond donors (Lipinski definition) is 0. The molecular formula is C9H5BrN2S. The van der Waals surface area contributed by atoms with E-state index in [4.69, 9.17) is 0 Å². The first-order valence-electron chi connectivity index (χ1n) is 3.86. The van der Waals surface area contributed by atoms with Crippen LogP contribution < -0.4 is 0 Å². The molecule has 3 aromatic heterocycles. The Morgan fingerprint density at radius 1 is 1.46 bits per heavy atom. The first kappa shape index (κ1) is 7.53. The fourth-order valence-electron chi connectivity index (χ4n) is 1.41. The second-order valence-corrected chi connectivity index (χ2v) is 4.72. The van der Waals surface area contributed by atoms with Crippen molar-refractivity contribution >= 4 is 42.4 Å². The summed E-state index contributed by atoms with van der Waals surface area (Å²) in [7, 11) is 0. The average Bonchev–Trinajstić information content (AvgIpc) is 2.64. The number of rotatable bonds is 0. The van der Waals surface area contributed by atoms with Crippen molar-refractivity contribution in [3.05, 3.63) is 35.1 Å². The van der Waals surface area contributed by atoms with Crippen LogP contribution in [0.1, 0.15) is 0 Å². The summed E-state index contributed by atoms with van der Waals surface area (Å²) >= 11 is 5.13. The summed E-state index contributed by atoms with van der Waals surface area (Å²) in [5.41, 5.74) is 1.17. The second-order valence-electron chi connectivity index (χ2n) is 2.80. The number of nitrogens with zero attached hydrogens (tertiary/aromatic N) is 2. The van der Waals surface area contributed by atoms with E-state index in [1.807, 2.05) is 12.3 Å². The van der Waals surface area contributed by atoms with Crippen molar-refractivity contribution in [2.45, 2.75) is 0 Å². The van der Waals surface area contributed by atoms with Gasteiger partial charge in [0.25, 0.3) is 0 Å². The number of thiazole rings is 1. The molecule has 0 fully saturated rings. The van der Waals surface area contributed by atoms with Gasteiger partial charge in [-0.2, -0.15) is 0 Å².